The Labute approximate surface area is 187 Å². The fourth-order valence-corrected chi connectivity index (χ4v) is 6.31. The number of benzene rings is 5. The SMILES string of the molecule is c1ccc2c(c1)[nH]c1cc3c4ccccc4n4c5cccc6c7ccccc7n(c65)c(c12)c34. The molecule has 0 atom stereocenters. The molecule has 4 heterocycles. The second-order valence-corrected chi connectivity index (χ2v) is 9.09. The predicted octanol–water partition coefficient (Wildman–Crippen LogP) is 7.88. The lowest BCUT2D eigenvalue weighted by Gasteiger charge is -2.12. The van der Waals surface area contributed by atoms with E-state index in [1.54, 1.807) is 0 Å². The number of fused-ring (bicyclic) bond motifs is 12. The molecule has 0 aliphatic heterocycles. The third kappa shape index (κ3) is 1.70. The average molecular weight is 419 g/mol. The summed E-state index contributed by atoms with van der Waals surface area (Å²) < 4.78 is 5.01. The normalized spacial score (nSPS) is 12.8. The van der Waals surface area contributed by atoms with Gasteiger partial charge in [-0.15, -0.1) is 0 Å². The van der Waals surface area contributed by atoms with Crippen molar-refractivity contribution in [1.82, 2.24) is 13.8 Å². The lowest BCUT2D eigenvalue weighted by molar-refractivity contribution is 1.26. The van der Waals surface area contributed by atoms with Crippen LogP contribution in [0, 0.1) is 0 Å². The van der Waals surface area contributed by atoms with Crippen molar-refractivity contribution >= 4 is 76.5 Å². The van der Waals surface area contributed by atoms with Crippen LogP contribution in [-0.2, 0) is 0 Å². The molecule has 0 saturated heterocycles. The highest BCUT2D eigenvalue weighted by Gasteiger charge is 2.23. The molecule has 5 aromatic carbocycles. The Bertz CT molecular complexity index is 2240. The Balaban J connectivity index is 1.81. The molecule has 3 nitrogen and oxygen atoms in total. The summed E-state index contributed by atoms with van der Waals surface area (Å²) in [6, 6.07) is 35.4. The number of rotatable bonds is 0. The fraction of sp³-hybridized carbons (Fsp3) is 0. The van der Waals surface area contributed by atoms with Crippen LogP contribution in [0.2, 0.25) is 0 Å². The van der Waals surface area contributed by atoms with Crippen LogP contribution in [0.25, 0.3) is 76.5 Å². The van der Waals surface area contributed by atoms with Gasteiger partial charge in [0.2, 0.25) is 0 Å². The molecule has 1 N–H and O–H groups in total. The van der Waals surface area contributed by atoms with E-state index >= 15 is 0 Å². The molecule has 0 aliphatic rings. The van der Waals surface area contributed by atoms with Crippen LogP contribution in [0.3, 0.4) is 0 Å². The molecule has 0 bridgehead atoms. The fourth-order valence-electron chi connectivity index (χ4n) is 6.31. The second kappa shape index (κ2) is 5.28. The Kier molecular flexibility index (Phi) is 2.59. The molecule has 9 aromatic rings. The average Bonchev–Trinajstić information content (AvgIpc) is 3.51. The van der Waals surface area contributed by atoms with E-state index < -0.39 is 0 Å². The van der Waals surface area contributed by atoms with Crippen molar-refractivity contribution in [2.75, 3.05) is 0 Å². The van der Waals surface area contributed by atoms with Gasteiger partial charge in [0.15, 0.2) is 0 Å². The van der Waals surface area contributed by atoms with Crippen LogP contribution in [-0.4, -0.2) is 13.8 Å². The van der Waals surface area contributed by atoms with E-state index in [1.807, 2.05) is 0 Å². The van der Waals surface area contributed by atoms with E-state index in [-0.39, 0.29) is 0 Å². The predicted molar refractivity (Wildman–Crippen MR) is 139 cm³/mol. The highest BCUT2D eigenvalue weighted by Crippen LogP contribution is 2.44. The summed E-state index contributed by atoms with van der Waals surface area (Å²) in [5, 5.41) is 7.75. The van der Waals surface area contributed by atoms with Gasteiger partial charge in [0.1, 0.15) is 0 Å². The molecule has 0 fully saturated rings. The number of hydrogen-bond donors (Lipinski definition) is 1. The summed E-state index contributed by atoms with van der Waals surface area (Å²) in [6.45, 7) is 0. The number of aromatic amines is 1. The van der Waals surface area contributed by atoms with E-state index in [0.29, 0.717) is 0 Å². The molecule has 0 radical (unpaired) electrons. The van der Waals surface area contributed by atoms with Crippen LogP contribution in [0.1, 0.15) is 0 Å². The third-order valence-corrected chi connectivity index (χ3v) is 7.54. The first-order chi connectivity index (χ1) is 16.4. The first-order valence-electron chi connectivity index (χ1n) is 11.4. The van der Waals surface area contributed by atoms with E-state index in [0.717, 1.165) is 0 Å². The summed E-state index contributed by atoms with van der Waals surface area (Å²) in [5.41, 5.74) is 9.99. The molecule has 0 amide bonds. The van der Waals surface area contributed by atoms with Crippen molar-refractivity contribution in [2.24, 2.45) is 0 Å². The van der Waals surface area contributed by atoms with Crippen molar-refractivity contribution in [3.63, 3.8) is 0 Å². The number of nitrogens with zero attached hydrogens (tertiary/aromatic N) is 2. The van der Waals surface area contributed by atoms with Crippen molar-refractivity contribution in [2.45, 2.75) is 0 Å². The number of H-pyrrole nitrogens is 1. The van der Waals surface area contributed by atoms with Gasteiger partial charge in [-0.2, -0.15) is 0 Å². The van der Waals surface area contributed by atoms with Crippen molar-refractivity contribution < 1.29 is 0 Å². The Morgan fingerprint density at radius 2 is 1.06 bits per heavy atom. The van der Waals surface area contributed by atoms with Crippen LogP contribution >= 0.6 is 0 Å². The maximum Gasteiger partial charge on any atom is 0.0810 e. The Hall–Kier alpha value is -4.50. The van der Waals surface area contributed by atoms with E-state index in [4.69, 9.17) is 0 Å². The van der Waals surface area contributed by atoms with Crippen LogP contribution in [0.15, 0.2) is 97.1 Å². The highest BCUT2D eigenvalue weighted by atomic mass is 15.0. The minimum Gasteiger partial charge on any atom is -0.354 e. The van der Waals surface area contributed by atoms with E-state index in [2.05, 4.69) is 111 Å². The maximum absolute atomic E-state index is 3.72. The van der Waals surface area contributed by atoms with Crippen LogP contribution in [0.5, 0.6) is 0 Å². The molecule has 33 heavy (non-hydrogen) atoms. The quantitative estimate of drug-likeness (QED) is 0.242. The van der Waals surface area contributed by atoms with Gasteiger partial charge in [-0.05, 0) is 30.3 Å². The summed E-state index contributed by atoms with van der Waals surface area (Å²) in [7, 11) is 0. The molecule has 0 spiro atoms. The largest absolute Gasteiger partial charge is 0.354 e. The Morgan fingerprint density at radius 1 is 0.424 bits per heavy atom. The van der Waals surface area contributed by atoms with Crippen molar-refractivity contribution in [1.29, 1.82) is 0 Å². The number of aromatic nitrogens is 3. The van der Waals surface area contributed by atoms with Gasteiger partial charge in [0.25, 0.3) is 0 Å². The summed E-state index contributed by atoms with van der Waals surface area (Å²) >= 11 is 0. The molecule has 4 aromatic heterocycles. The molecular weight excluding hydrogens is 402 g/mol. The van der Waals surface area contributed by atoms with Gasteiger partial charge in [-0.1, -0.05) is 66.7 Å². The van der Waals surface area contributed by atoms with Gasteiger partial charge < -0.3 is 13.8 Å². The standard InChI is InChI=1S/C30H17N3/c1-4-12-22-20(10-1)27-23(31-22)16-21-18-9-3-5-13-24(18)32-26-15-7-11-19-17-8-2-6-14-25(17)33(28(19)26)30(27)29(21)32/h1-16,31H. The van der Waals surface area contributed by atoms with E-state index in [1.165, 1.54) is 76.5 Å². The van der Waals surface area contributed by atoms with Gasteiger partial charge >= 0.3 is 0 Å². The summed E-state index contributed by atoms with van der Waals surface area (Å²) in [6.07, 6.45) is 0. The van der Waals surface area contributed by atoms with E-state index in [9.17, 15) is 0 Å². The highest BCUT2D eigenvalue weighted by molar-refractivity contribution is 6.30. The maximum atomic E-state index is 3.72. The molecule has 3 heteroatoms. The second-order valence-electron chi connectivity index (χ2n) is 9.09. The zero-order valence-electron chi connectivity index (χ0n) is 17.6. The summed E-state index contributed by atoms with van der Waals surface area (Å²) in [5.74, 6) is 0. The lowest BCUT2D eigenvalue weighted by Crippen LogP contribution is -1.97. The molecule has 0 saturated carbocycles. The van der Waals surface area contributed by atoms with Crippen LogP contribution in [0.4, 0.5) is 0 Å². The zero-order valence-corrected chi connectivity index (χ0v) is 17.6. The van der Waals surface area contributed by atoms with Gasteiger partial charge in [-0.25, -0.2) is 0 Å². The van der Waals surface area contributed by atoms with Gasteiger partial charge in [-0.3, -0.25) is 0 Å². The molecule has 9 rings (SSSR count). The van der Waals surface area contributed by atoms with Gasteiger partial charge in [0, 0.05) is 43.4 Å². The van der Waals surface area contributed by atoms with Crippen molar-refractivity contribution in [3.05, 3.63) is 97.1 Å². The first kappa shape index (κ1) is 16.2. The Morgan fingerprint density at radius 3 is 1.91 bits per heavy atom. The molecule has 152 valence electrons. The number of para-hydroxylation sites is 4. The van der Waals surface area contributed by atoms with Crippen molar-refractivity contribution in [3.8, 4) is 0 Å². The first-order valence-corrected chi connectivity index (χ1v) is 11.4. The third-order valence-electron chi connectivity index (χ3n) is 7.54. The lowest BCUT2D eigenvalue weighted by atomic mass is 10.1. The monoisotopic (exact) mass is 419 g/mol. The minimum absolute atomic E-state index is 1.18. The molecule has 0 aliphatic carbocycles. The topological polar surface area (TPSA) is 24.6 Å². The van der Waals surface area contributed by atoms with Gasteiger partial charge in [0.05, 0.1) is 33.1 Å². The minimum atomic E-state index is 1.18. The number of hydrogen-bond acceptors (Lipinski definition) is 0. The molecular formula is C30H17N3. The number of nitrogens with one attached hydrogen (secondary N) is 1. The smallest absolute Gasteiger partial charge is 0.0810 e. The zero-order chi connectivity index (χ0) is 21.3. The van der Waals surface area contributed by atoms with Crippen LogP contribution < -0.4 is 0 Å². The molecule has 0 unspecified atom stereocenters. The summed E-state index contributed by atoms with van der Waals surface area (Å²) in [4.78, 5) is 3.72.